The topological polar surface area (TPSA) is 61.7 Å². The molecular weight excluding hydrogens is 747 g/mol. The fourth-order valence-corrected chi connectivity index (χ4v) is 9.41. The minimum atomic E-state index is 0.558. The highest BCUT2D eigenvalue weighted by Crippen LogP contribution is 2.43. The molecule has 0 N–H and O–H groups in total. The summed E-state index contributed by atoms with van der Waals surface area (Å²) in [5, 5.41) is 9.13. The maximum atomic E-state index is 7.07. The van der Waals surface area contributed by atoms with Crippen LogP contribution in [-0.4, -0.2) is 24.1 Å². The third kappa shape index (κ3) is 5.12. The fraction of sp³-hybridized carbons (Fsp3) is 0. The highest BCUT2D eigenvalue weighted by atomic mass is 16.3. The molecular formula is C55H33N5O. The van der Waals surface area contributed by atoms with Gasteiger partial charge in [0.25, 0.3) is 0 Å². The van der Waals surface area contributed by atoms with Gasteiger partial charge < -0.3 is 13.6 Å². The van der Waals surface area contributed by atoms with Crippen molar-refractivity contribution in [2.45, 2.75) is 0 Å². The third-order valence-electron chi connectivity index (χ3n) is 12.1. The SMILES string of the molecule is c1ccc(-c2nc(-c3ccccc3)nc(-c3cc4ccccc4c4c3oc3cc(-n5c6ccccc6c6cc7c8ccccc8n(-c8ccccc8)c7cc65)ccc34)n2)cc1. The Labute approximate surface area is 349 Å². The highest BCUT2D eigenvalue weighted by Gasteiger charge is 2.23. The van der Waals surface area contributed by atoms with Crippen LogP contribution in [-0.2, 0) is 0 Å². The van der Waals surface area contributed by atoms with Crippen molar-refractivity contribution in [3.8, 4) is 45.5 Å². The Morgan fingerprint density at radius 1 is 0.344 bits per heavy atom. The molecule has 9 aromatic carbocycles. The fourth-order valence-electron chi connectivity index (χ4n) is 9.41. The van der Waals surface area contributed by atoms with Gasteiger partial charge in [0.05, 0.1) is 27.6 Å². The van der Waals surface area contributed by atoms with Gasteiger partial charge in [-0.15, -0.1) is 0 Å². The molecule has 0 aliphatic heterocycles. The Kier molecular flexibility index (Phi) is 7.21. The lowest BCUT2D eigenvalue weighted by atomic mass is 9.99. The average Bonchev–Trinajstić information content (AvgIpc) is 3.98. The summed E-state index contributed by atoms with van der Waals surface area (Å²) in [6, 6.07) is 70.3. The standard InChI is InChI=1S/C55H33N5O/c1-4-16-34(17-5-1)53-56-54(35-18-6-2-7-19-35)58-55(57-53)45-30-36-20-10-11-23-39(36)51-42-29-28-38(31-50(42)61-52(45)51)60-47-27-15-13-25-41(47)44-32-43-40-24-12-14-26-46(40)59(48(43)33-49(44)60)37-21-8-3-9-22-37/h1-33H. The molecule has 4 heterocycles. The summed E-state index contributed by atoms with van der Waals surface area (Å²) >= 11 is 0. The smallest absolute Gasteiger partial charge is 0.167 e. The first-order valence-electron chi connectivity index (χ1n) is 20.5. The van der Waals surface area contributed by atoms with E-state index in [2.05, 4.69) is 149 Å². The van der Waals surface area contributed by atoms with Gasteiger partial charge in [-0.05, 0) is 65.4 Å². The molecule has 0 atom stereocenters. The van der Waals surface area contributed by atoms with Crippen LogP contribution in [0.2, 0.25) is 0 Å². The van der Waals surface area contributed by atoms with Crippen LogP contribution in [0, 0.1) is 0 Å². The largest absolute Gasteiger partial charge is 0.455 e. The van der Waals surface area contributed by atoms with E-state index in [1.807, 2.05) is 60.7 Å². The van der Waals surface area contributed by atoms with Crippen molar-refractivity contribution in [3.63, 3.8) is 0 Å². The van der Waals surface area contributed by atoms with Gasteiger partial charge in [0.15, 0.2) is 17.5 Å². The molecule has 0 saturated heterocycles. The number of hydrogen-bond acceptors (Lipinski definition) is 4. The van der Waals surface area contributed by atoms with Crippen LogP contribution in [0.5, 0.6) is 0 Å². The molecule has 61 heavy (non-hydrogen) atoms. The molecule has 6 nitrogen and oxygen atoms in total. The molecule has 13 aromatic rings. The lowest BCUT2D eigenvalue weighted by molar-refractivity contribution is 0.669. The zero-order chi connectivity index (χ0) is 40.0. The van der Waals surface area contributed by atoms with E-state index in [0.717, 1.165) is 77.3 Å². The van der Waals surface area contributed by atoms with E-state index in [-0.39, 0.29) is 0 Å². The predicted molar refractivity (Wildman–Crippen MR) is 250 cm³/mol. The second kappa shape index (κ2) is 13.1. The molecule has 0 fully saturated rings. The van der Waals surface area contributed by atoms with Crippen molar-refractivity contribution in [3.05, 3.63) is 200 Å². The van der Waals surface area contributed by atoms with Gasteiger partial charge in [-0.2, -0.15) is 0 Å². The number of nitrogens with zero attached hydrogens (tertiary/aromatic N) is 5. The maximum absolute atomic E-state index is 7.07. The van der Waals surface area contributed by atoms with E-state index in [4.69, 9.17) is 19.4 Å². The number of furan rings is 1. The molecule has 0 aliphatic carbocycles. The second-order valence-corrected chi connectivity index (χ2v) is 15.6. The molecule has 0 amide bonds. The van der Waals surface area contributed by atoms with Gasteiger partial charge in [0, 0.05) is 60.9 Å². The number of fused-ring (bicyclic) bond motifs is 11. The summed E-state index contributed by atoms with van der Waals surface area (Å²) in [5.74, 6) is 1.77. The number of hydrogen-bond donors (Lipinski definition) is 0. The first-order chi connectivity index (χ1) is 30.2. The minimum absolute atomic E-state index is 0.558. The Hall–Kier alpha value is -8.35. The molecule has 284 valence electrons. The van der Waals surface area contributed by atoms with E-state index in [1.165, 1.54) is 27.1 Å². The predicted octanol–water partition coefficient (Wildman–Crippen LogP) is 14.1. The summed E-state index contributed by atoms with van der Waals surface area (Å²) < 4.78 is 11.8. The lowest BCUT2D eigenvalue weighted by Gasteiger charge is -2.10. The summed E-state index contributed by atoms with van der Waals surface area (Å²) in [5.41, 5.74) is 10.9. The summed E-state index contributed by atoms with van der Waals surface area (Å²) in [6.45, 7) is 0. The molecule has 0 spiro atoms. The molecule has 0 bridgehead atoms. The minimum Gasteiger partial charge on any atom is -0.455 e. The number of para-hydroxylation sites is 3. The van der Waals surface area contributed by atoms with Gasteiger partial charge in [-0.3, -0.25) is 0 Å². The highest BCUT2D eigenvalue weighted by molar-refractivity contribution is 6.23. The molecule has 13 rings (SSSR count). The van der Waals surface area contributed by atoms with Crippen molar-refractivity contribution >= 4 is 76.3 Å². The van der Waals surface area contributed by atoms with Crippen LogP contribution < -0.4 is 0 Å². The van der Waals surface area contributed by atoms with E-state index in [1.54, 1.807) is 0 Å². The summed E-state index contributed by atoms with van der Waals surface area (Å²) in [4.78, 5) is 15.2. The van der Waals surface area contributed by atoms with Crippen molar-refractivity contribution in [2.75, 3.05) is 0 Å². The Bertz CT molecular complexity index is 3810. The van der Waals surface area contributed by atoms with Crippen molar-refractivity contribution in [1.82, 2.24) is 24.1 Å². The van der Waals surface area contributed by atoms with E-state index in [0.29, 0.717) is 17.5 Å². The molecule has 0 saturated carbocycles. The monoisotopic (exact) mass is 779 g/mol. The van der Waals surface area contributed by atoms with Crippen molar-refractivity contribution in [1.29, 1.82) is 0 Å². The van der Waals surface area contributed by atoms with Crippen molar-refractivity contribution < 1.29 is 4.42 Å². The van der Waals surface area contributed by atoms with Gasteiger partial charge in [-0.25, -0.2) is 15.0 Å². The molecule has 0 aliphatic rings. The zero-order valence-corrected chi connectivity index (χ0v) is 32.7. The summed E-state index contributed by atoms with van der Waals surface area (Å²) in [6.07, 6.45) is 0. The zero-order valence-electron chi connectivity index (χ0n) is 32.7. The number of aromatic nitrogens is 5. The number of benzene rings is 9. The quantitative estimate of drug-likeness (QED) is 0.175. The van der Waals surface area contributed by atoms with Gasteiger partial charge >= 0.3 is 0 Å². The Morgan fingerprint density at radius 2 is 0.869 bits per heavy atom. The van der Waals surface area contributed by atoms with Crippen LogP contribution in [0.4, 0.5) is 0 Å². The van der Waals surface area contributed by atoms with Crippen LogP contribution in [0.25, 0.3) is 122 Å². The Morgan fingerprint density at radius 3 is 1.51 bits per heavy atom. The first-order valence-corrected chi connectivity index (χ1v) is 20.5. The van der Waals surface area contributed by atoms with Crippen LogP contribution in [0.1, 0.15) is 0 Å². The molecule has 4 aromatic heterocycles. The van der Waals surface area contributed by atoms with E-state index >= 15 is 0 Å². The van der Waals surface area contributed by atoms with E-state index in [9.17, 15) is 0 Å². The van der Waals surface area contributed by atoms with Crippen LogP contribution in [0.15, 0.2) is 205 Å². The Balaban J connectivity index is 1.07. The first kappa shape index (κ1) is 33.6. The second-order valence-electron chi connectivity index (χ2n) is 15.6. The third-order valence-corrected chi connectivity index (χ3v) is 12.1. The molecule has 0 radical (unpaired) electrons. The average molecular weight is 780 g/mol. The van der Waals surface area contributed by atoms with Gasteiger partial charge in [0.1, 0.15) is 11.2 Å². The van der Waals surface area contributed by atoms with Gasteiger partial charge in [-0.1, -0.05) is 140 Å². The maximum Gasteiger partial charge on any atom is 0.167 e. The van der Waals surface area contributed by atoms with Crippen LogP contribution >= 0.6 is 0 Å². The normalized spacial score (nSPS) is 11.9. The van der Waals surface area contributed by atoms with Gasteiger partial charge in [0.2, 0.25) is 0 Å². The van der Waals surface area contributed by atoms with Crippen LogP contribution in [0.3, 0.4) is 0 Å². The van der Waals surface area contributed by atoms with Crippen molar-refractivity contribution in [2.24, 2.45) is 0 Å². The summed E-state index contributed by atoms with van der Waals surface area (Å²) in [7, 11) is 0. The molecule has 6 heteroatoms. The van der Waals surface area contributed by atoms with E-state index < -0.39 is 0 Å². The lowest BCUT2D eigenvalue weighted by Crippen LogP contribution is -2.00. The number of rotatable bonds is 5. The molecule has 0 unspecified atom stereocenters.